The average molecular weight is 310 g/mol. The van der Waals surface area contributed by atoms with Gasteiger partial charge in [0.05, 0.1) is 20.0 Å². The van der Waals surface area contributed by atoms with Gasteiger partial charge in [0.25, 0.3) is 0 Å². The van der Waals surface area contributed by atoms with Gasteiger partial charge in [0, 0.05) is 12.2 Å². The van der Waals surface area contributed by atoms with Gasteiger partial charge >= 0.3 is 0 Å². The van der Waals surface area contributed by atoms with E-state index in [-0.39, 0.29) is 23.4 Å². The zero-order valence-electron chi connectivity index (χ0n) is 8.84. The predicted octanol–water partition coefficient (Wildman–Crippen LogP) is 0.212. The van der Waals surface area contributed by atoms with Crippen molar-refractivity contribution in [1.82, 2.24) is 10.6 Å². The molecule has 0 aliphatic carbocycles. The standard InChI is InChI=1S/C8H14N4OS4/c9-5(14)1-7(16)11-3-13-4-12-8(17)2-6(10)15/h1-2,11-12,16-17H,3-4H2,(H2,9,14)(H2,10,15)/b7-1-,8-2-. The van der Waals surface area contributed by atoms with Crippen LogP contribution in [-0.4, -0.2) is 23.4 Å². The Morgan fingerprint density at radius 1 is 1.00 bits per heavy atom. The smallest absolute Gasteiger partial charge is 0.119 e. The highest BCUT2D eigenvalue weighted by Crippen LogP contribution is 1.95. The van der Waals surface area contributed by atoms with Gasteiger partial charge in [-0.2, -0.15) is 0 Å². The van der Waals surface area contributed by atoms with E-state index < -0.39 is 0 Å². The van der Waals surface area contributed by atoms with Crippen LogP contribution >= 0.6 is 49.7 Å². The molecule has 5 nitrogen and oxygen atoms in total. The molecule has 96 valence electrons. The maximum Gasteiger partial charge on any atom is 0.119 e. The Bertz CT molecular complexity index is 310. The van der Waals surface area contributed by atoms with Crippen molar-refractivity contribution in [2.75, 3.05) is 13.5 Å². The van der Waals surface area contributed by atoms with Crippen molar-refractivity contribution in [2.24, 2.45) is 11.5 Å². The number of ether oxygens (including phenoxy) is 1. The highest BCUT2D eigenvalue weighted by molar-refractivity contribution is 7.85. The van der Waals surface area contributed by atoms with E-state index in [0.29, 0.717) is 10.1 Å². The molecule has 0 aromatic carbocycles. The van der Waals surface area contributed by atoms with Crippen molar-refractivity contribution in [1.29, 1.82) is 0 Å². The van der Waals surface area contributed by atoms with Crippen molar-refractivity contribution in [3.05, 3.63) is 22.2 Å². The summed E-state index contributed by atoms with van der Waals surface area (Å²) in [7, 11) is 0. The molecule has 0 aromatic rings. The first-order valence-corrected chi connectivity index (χ1v) is 6.08. The van der Waals surface area contributed by atoms with Crippen LogP contribution in [0.4, 0.5) is 0 Å². The average Bonchev–Trinajstić information content (AvgIpc) is 2.14. The fourth-order valence-corrected chi connectivity index (χ4v) is 1.49. The second-order valence-corrected chi connectivity index (χ2v) is 4.62. The van der Waals surface area contributed by atoms with Crippen LogP contribution in [0.5, 0.6) is 0 Å². The minimum Gasteiger partial charge on any atom is -0.390 e. The van der Waals surface area contributed by atoms with Crippen LogP contribution in [0.1, 0.15) is 0 Å². The number of thiol groups is 2. The molecule has 17 heavy (non-hydrogen) atoms. The molecule has 0 atom stereocenters. The van der Waals surface area contributed by atoms with Crippen molar-refractivity contribution in [2.45, 2.75) is 0 Å². The lowest BCUT2D eigenvalue weighted by atomic mass is 10.6. The Labute approximate surface area is 122 Å². The Morgan fingerprint density at radius 3 is 1.65 bits per heavy atom. The minimum atomic E-state index is 0.248. The molecule has 0 saturated carbocycles. The number of hydrogen-bond donors (Lipinski definition) is 6. The molecular formula is C8H14N4OS4. The van der Waals surface area contributed by atoms with Crippen LogP contribution in [0.15, 0.2) is 22.2 Å². The summed E-state index contributed by atoms with van der Waals surface area (Å²) in [6, 6.07) is 0. The summed E-state index contributed by atoms with van der Waals surface area (Å²) in [6.45, 7) is 0.498. The summed E-state index contributed by atoms with van der Waals surface area (Å²) in [5.41, 5.74) is 10.6. The second-order valence-electron chi connectivity index (χ2n) is 2.71. The maximum atomic E-state index is 5.28. The molecule has 0 amide bonds. The number of nitrogens with two attached hydrogens (primary N) is 2. The largest absolute Gasteiger partial charge is 0.390 e. The normalized spacial score (nSPS) is 12.1. The van der Waals surface area contributed by atoms with Crippen molar-refractivity contribution >= 4 is 59.7 Å². The molecule has 0 radical (unpaired) electrons. The van der Waals surface area contributed by atoms with E-state index in [2.05, 4.69) is 60.3 Å². The highest BCUT2D eigenvalue weighted by Gasteiger charge is 1.92. The number of rotatable bonds is 8. The Kier molecular flexibility index (Phi) is 9.27. The van der Waals surface area contributed by atoms with E-state index in [9.17, 15) is 0 Å². The third-order valence-electron chi connectivity index (χ3n) is 1.27. The summed E-state index contributed by atoms with van der Waals surface area (Å²) in [5, 5.41) is 6.72. The first-order chi connectivity index (χ1) is 7.91. The summed E-state index contributed by atoms with van der Waals surface area (Å²) in [4.78, 5) is 0.496. The molecule has 0 rings (SSSR count). The monoisotopic (exact) mass is 310 g/mol. The van der Waals surface area contributed by atoms with Gasteiger partial charge < -0.3 is 26.8 Å². The van der Waals surface area contributed by atoms with E-state index in [1.807, 2.05) is 0 Å². The van der Waals surface area contributed by atoms with Crippen LogP contribution in [-0.2, 0) is 4.74 Å². The van der Waals surface area contributed by atoms with Gasteiger partial charge in [0.2, 0.25) is 0 Å². The van der Waals surface area contributed by atoms with Gasteiger partial charge in [0.15, 0.2) is 0 Å². The fourth-order valence-electron chi connectivity index (χ4n) is 0.673. The van der Waals surface area contributed by atoms with Crippen molar-refractivity contribution < 1.29 is 4.74 Å². The molecule has 0 spiro atoms. The van der Waals surface area contributed by atoms with Gasteiger partial charge in [-0.25, -0.2) is 0 Å². The topological polar surface area (TPSA) is 85.3 Å². The summed E-state index contributed by atoms with van der Waals surface area (Å²) < 4.78 is 5.17. The number of nitrogens with one attached hydrogen (secondary N) is 2. The van der Waals surface area contributed by atoms with Crippen LogP contribution in [0.3, 0.4) is 0 Å². The minimum absolute atomic E-state index is 0.248. The summed E-state index contributed by atoms with van der Waals surface area (Å²) >= 11 is 17.5. The third kappa shape index (κ3) is 11.8. The van der Waals surface area contributed by atoms with E-state index in [0.717, 1.165) is 0 Å². The van der Waals surface area contributed by atoms with E-state index >= 15 is 0 Å². The number of hydrogen-bond acceptors (Lipinski definition) is 7. The molecule has 0 bridgehead atoms. The molecule has 0 saturated heterocycles. The van der Waals surface area contributed by atoms with Crippen LogP contribution in [0.2, 0.25) is 0 Å². The molecule has 0 heterocycles. The van der Waals surface area contributed by atoms with Gasteiger partial charge in [-0.3, -0.25) is 0 Å². The van der Waals surface area contributed by atoms with E-state index in [1.54, 1.807) is 0 Å². The van der Waals surface area contributed by atoms with Crippen LogP contribution in [0.25, 0.3) is 0 Å². The molecule has 0 aliphatic rings. The van der Waals surface area contributed by atoms with Crippen molar-refractivity contribution in [3.63, 3.8) is 0 Å². The van der Waals surface area contributed by atoms with Gasteiger partial charge in [-0.15, -0.1) is 25.3 Å². The maximum absolute atomic E-state index is 5.28. The number of thiocarbonyl (C=S) groups is 2. The molecule has 0 aliphatic heterocycles. The predicted molar refractivity (Wildman–Crippen MR) is 84.8 cm³/mol. The lowest BCUT2D eigenvalue weighted by molar-refractivity contribution is 0.116. The van der Waals surface area contributed by atoms with Crippen LogP contribution < -0.4 is 22.1 Å². The SMILES string of the molecule is NC(=S)/C=C(\S)NCOCN/C(S)=C/C(N)=S. The van der Waals surface area contributed by atoms with Crippen LogP contribution in [0, 0.1) is 0 Å². The van der Waals surface area contributed by atoms with Crippen molar-refractivity contribution in [3.8, 4) is 0 Å². The molecule has 9 heteroatoms. The van der Waals surface area contributed by atoms with Gasteiger partial charge in [-0.1, -0.05) is 24.4 Å². The zero-order chi connectivity index (χ0) is 13.3. The van der Waals surface area contributed by atoms with E-state index in [4.69, 9.17) is 16.2 Å². The summed E-state index contributed by atoms with van der Waals surface area (Å²) in [6.07, 6.45) is 3.01. The highest BCUT2D eigenvalue weighted by atomic mass is 32.1. The van der Waals surface area contributed by atoms with E-state index in [1.165, 1.54) is 12.2 Å². The molecule has 0 fully saturated rings. The molecule has 0 unspecified atom stereocenters. The first-order valence-electron chi connectivity index (χ1n) is 4.37. The quantitative estimate of drug-likeness (QED) is 0.126. The summed E-state index contributed by atoms with van der Waals surface area (Å²) in [5.74, 6) is 0. The lowest BCUT2D eigenvalue weighted by Gasteiger charge is -2.09. The lowest BCUT2D eigenvalue weighted by Crippen LogP contribution is -2.23. The van der Waals surface area contributed by atoms with Gasteiger partial charge in [0.1, 0.15) is 13.5 Å². The molecule has 0 aromatic heterocycles. The molecular weight excluding hydrogens is 296 g/mol. The second kappa shape index (κ2) is 9.54. The first kappa shape index (κ1) is 16.5. The Balaban J connectivity index is 3.66. The fraction of sp³-hybridized carbons (Fsp3) is 0.250. The Morgan fingerprint density at radius 2 is 1.35 bits per heavy atom. The van der Waals surface area contributed by atoms with Gasteiger partial charge in [-0.05, 0) is 0 Å². The Hall–Kier alpha value is -0.480. The zero-order valence-corrected chi connectivity index (χ0v) is 12.3. The molecule has 6 N–H and O–H groups in total. The third-order valence-corrected chi connectivity index (χ3v) is 2.08.